The monoisotopic (exact) mass is 274 g/mol. The Hall–Kier alpha value is -1.35. The topological polar surface area (TPSA) is 55.1 Å². The van der Waals surface area contributed by atoms with Crippen molar-refractivity contribution in [3.8, 4) is 0 Å². The molecule has 0 unspecified atom stereocenters. The van der Waals surface area contributed by atoms with Gasteiger partial charge in [-0.05, 0) is 55.8 Å². The van der Waals surface area contributed by atoms with Crippen molar-refractivity contribution in [3.63, 3.8) is 0 Å². The molecule has 1 aromatic carbocycles. The number of benzene rings is 1. The summed E-state index contributed by atoms with van der Waals surface area (Å²) in [5.41, 5.74) is 9.26. The normalized spacial score (nSPS) is 17.8. The number of carbonyl (C=O) groups excluding carboxylic acids is 1. The molecule has 3 heteroatoms. The fraction of sp³-hybridized carbons (Fsp3) is 0.588. The SMILES string of the molecule is Cc1cccc(NC(=O)CC2(CN)CCCCC2)c1C. The first-order chi connectivity index (χ1) is 9.56. The Morgan fingerprint density at radius 1 is 1.25 bits per heavy atom. The van der Waals surface area contributed by atoms with Gasteiger partial charge in [0.1, 0.15) is 0 Å². The molecule has 2 rings (SSSR count). The van der Waals surface area contributed by atoms with Crippen LogP contribution in [0.1, 0.15) is 49.7 Å². The lowest BCUT2D eigenvalue weighted by molar-refractivity contribution is -0.118. The number of amides is 1. The van der Waals surface area contributed by atoms with Crippen LogP contribution in [-0.4, -0.2) is 12.5 Å². The molecule has 3 nitrogen and oxygen atoms in total. The molecular formula is C17H26N2O. The molecule has 0 aromatic heterocycles. The van der Waals surface area contributed by atoms with Crippen LogP contribution in [0.2, 0.25) is 0 Å². The molecule has 1 fully saturated rings. The highest BCUT2D eigenvalue weighted by Crippen LogP contribution is 2.38. The van der Waals surface area contributed by atoms with Crippen LogP contribution >= 0.6 is 0 Å². The van der Waals surface area contributed by atoms with Gasteiger partial charge in [0.15, 0.2) is 0 Å². The predicted molar refractivity (Wildman–Crippen MR) is 83.7 cm³/mol. The number of rotatable bonds is 4. The maximum atomic E-state index is 12.3. The molecule has 1 amide bonds. The van der Waals surface area contributed by atoms with E-state index in [2.05, 4.69) is 18.3 Å². The molecular weight excluding hydrogens is 248 g/mol. The molecule has 20 heavy (non-hydrogen) atoms. The van der Waals surface area contributed by atoms with Crippen molar-refractivity contribution < 1.29 is 4.79 Å². The summed E-state index contributed by atoms with van der Waals surface area (Å²) < 4.78 is 0. The number of carbonyl (C=O) groups is 1. The lowest BCUT2D eigenvalue weighted by Crippen LogP contribution is -2.36. The van der Waals surface area contributed by atoms with Crippen LogP contribution in [0.25, 0.3) is 0 Å². The lowest BCUT2D eigenvalue weighted by Gasteiger charge is -2.35. The fourth-order valence-electron chi connectivity index (χ4n) is 3.18. The van der Waals surface area contributed by atoms with E-state index >= 15 is 0 Å². The second-order valence-corrected chi connectivity index (χ2v) is 6.24. The van der Waals surface area contributed by atoms with E-state index in [4.69, 9.17) is 5.73 Å². The van der Waals surface area contributed by atoms with Gasteiger partial charge in [-0.2, -0.15) is 0 Å². The third kappa shape index (κ3) is 3.40. The van der Waals surface area contributed by atoms with Crippen molar-refractivity contribution in [1.82, 2.24) is 0 Å². The first-order valence-corrected chi connectivity index (χ1v) is 7.62. The summed E-state index contributed by atoms with van der Waals surface area (Å²) in [7, 11) is 0. The molecule has 0 radical (unpaired) electrons. The first-order valence-electron chi connectivity index (χ1n) is 7.62. The second kappa shape index (κ2) is 6.40. The highest BCUT2D eigenvalue weighted by Gasteiger charge is 2.33. The molecule has 0 spiro atoms. The third-order valence-corrected chi connectivity index (χ3v) is 4.76. The van der Waals surface area contributed by atoms with Gasteiger partial charge in [-0.1, -0.05) is 31.4 Å². The van der Waals surface area contributed by atoms with Gasteiger partial charge < -0.3 is 11.1 Å². The number of nitrogens with one attached hydrogen (secondary N) is 1. The van der Waals surface area contributed by atoms with Crippen LogP contribution in [0.4, 0.5) is 5.69 Å². The van der Waals surface area contributed by atoms with Crippen LogP contribution < -0.4 is 11.1 Å². The summed E-state index contributed by atoms with van der Waals surface area (Å²) in [4.78, 5) is 12.3. The maximum absolute atomic E-state index is 12.3. The van der Waals surface area contributed by atoms with Crippen molar-refractivity contribution in [2.24, 2.45) is 11.1 Å². The first kappa shape index (κ1) is 15.0. The molecule has 0 heterocycles. The van der Waals surface area contributed by atoms with E-state index in [0.717, 1.165) is 24.1 Å². The van der Waals surface area contributed by atoms with E-state index in [1.165, 1.54) is 24.8 Å². The number of hydrogen-bond acceptors (Lipinski definition) is 2. The predicted octanol–water partition coefficient (Wildman–Crippen LogP) is 3.54. The molecule has 1 aliphatic rings. The molecule has 1 saturated carbocycles. The summed E-state index contributed by atoms with van der Waals surface area (Å²) in [5, 5.41) is 3.06. The summed E-state index contributed by atoms with van der Waals surface area (Å²) in [5.74, 6) is 0.103. The molecule has 3 N–H and O–H groups in total. The molecule has 0 saturated heterocycles. The minimum atomic E-state index is 0.0278. The Labute approximate surface area is 121 Å². The number of nitrogens with two attached hydrogens (primary N) is 1. The van der Waals surface area contributed by atoms with E-state index in [0.29, 0.717) is 13.0 Å². The van der Waals surface area contributed by atoms with E-state index < -0.39 is 0 Å². The van der Waals surface area contributed by atoms with E-state index in [1.807, 2.05) is 19.1 Å². The molecule has 0 atom stereocenters. The Morgan fingerprint density at radius 2 is 1.95 bits per heavy atom. The zero-order valence-corrected chi connectivity index (χ0v) is 12.7. The zero-order chi connectivity index (χ0) is 14.6. The Morgan fingerprint density at radius 3 is 2.60 bits per heavy atom. The largest absolute Gasteiger partial charge is 0.330 e. The van der Waals surface area contributed by atoms with Crippen LogP contribution in [-0.2, 0) is 4.79 Å². The molecule has 0 aliphatic heterocycles. The van der Waals surface area contributed by atoms with Gasteiger partial charge in [0.05, 0.1) is 0 Å². The minimum Gasteiger partial charge on any atom is -0.330 e. The Kier molecular flexibility index (Phi) is 4.81. The number of aryl methyl sites for hydroxylation is 1. The summed E-state index contributed by atoms with van der Waals surface area (Å²) in [6.07, 6.45) is 6.41. The lowest BCUT2D eigenvalue weighted by atomic mass is 9.71. The maximum Gasteiger partial charge on any atom is 0.224 e. The average molecular weight is 274 g/mol. The summed E-state index contributed by atoms with van der Waals surface area (Å²) >= 11 is 0. The van der Waals surface area contributed by atoms with Gasteiger partial charge in [-0.25, -0.2) is 0 Å². The quantitative estimate of drug-likeness (QED) is 0.882. The number of hydrogen-bond donors (Lipinski definition) is 2. The van der Waals surface area contributed by atoms with Gasteiger partial charge in [-0.3, -0.25) is 4.79 Å². The van der Waals surface area contributed by atoms with Crippen molar-refractivity contribution in [1.29, 1.82) is 0 Å². The van der Waals surface area contributed by atoms with Crippen molar-refractivity contribution in [3.05, 3.63) is 29.3 Å². The summed E-state index contributed by atoms with van der Waals surface area (Å²) in [6.45, 7) is 4.73. The zero-order valence-electron chi connectivity index (χ0n) is 12.7. The highest BCUT2D eigenvalue weighted by atomic mass is 16.1. The Balaban J connectivity index is 2.03. The van der Waals surface area contributed by atoms with E-state index in [9.17, 15) is 4.79 Å². The van der Waals surface area contributed by atoms with E-state index in [-0.39, 0.29) is 11.3 Å². The third-order valence-electron chi connectivity index (χ3n) is 4.76. The van der Waals surface area contributed by atoms with Gasteiger partial charge >= 0.3 is 0 Å². The van der Waals surface area contributed by atoms with Crippen molar-refractivity contribution >= 4 is 11.6 Å². The summed E-state index contributed by atoms with van der Waals surface area (Å²) in [6, 6.07) is 6.01. The van der Waals surface area contributed by atoms with Crippen LogP contribution in [0, 0.1) is 19.3 Å². The molecule has 110 valence electrons. The van der Waals surface area contributed by atoms with Gasteiger partial charge in [0.2, 0.25) is 5.91 Å². The molecule has 1 aromatic rings. The van der Waals surface area contributed by atoms with E-state index in [1.54, 1.807) is 0 Å². The van der Waals surface area contributed by atoms with Crippen LogP contribution in [0.3, 0.4) is 0 Å². The minimum absolute atomic E-state index is 0.0278. The standard InChI is InChI=1S/C17H26N2O/c1-13-7-6-8-15(14(13)2)19-16(20)11-17(12-18)9-4-3-5-10-17/h6-8H,3-5,9-12,18H2,1-2H3,(H,19,20). The van der Waals surface area contributed by atoms with Gasteiger partial charge in [0.25, 0.3) is 0 Å². The van der Waals surface area contributed by atoms with Crippen LogP contribution in [0.15, 0.2) is 18.2 Å². The van der Waals surface area contributed by atoms with Crippen LogP contribution in [0.5, 0.6) is 0 Å². The highest BCUT2D eigenvalue weighted by molar-refractivity contribution is 5.92. The smallest absolute Gasteiger partial charge is 0.224 e. The van der Waals surface area contributed by atoms with Crippen molar-refractivity contribution in [2.75, 3.05) is 11.9 Å². The average Bonchev–Trinajstić information content (AvgIpc) is 2.45. The Bertz CT molecular complexity index is 476. The van der Waals surface area contributed by atoms with Crippen molar-refractivity contribution in [2.45, 2.75) is 52.4 Å². The fourth-order valence-corrected chi connectivity index (χ4v) is 3.18. The van der Waals surface area contributed by atoms with Gasteiger partial charge in [0, 0.05) is 12.1 Å². The number of anilines is 1. The van der Waals surface area contributed by atoms with Gasteiger partial charge in [-0.15, -0.1) is 0 Å². The second-order valence-electron chi connectivity index (χ2n) is 6.24. The molecule has 0 bridgehead atoms. The molecule has 1 aliphatic carbocycles.